The molecule has 0 aliphatic heterocycles. The predicted molar refractivity (Wildman–Crippen MR) is 68.8 cm³/mol. The molecule has 0 atom stereocenters. The van der Waals surface area contributed by atoms with Crippen LogP contribution in [0, 0.1) is 6.92 Å². The molecule has 0 amide bonds. The van der Waals surface area contributed by atoms with Crippen molar-refractivity contribution in [2.24, 2.45) is 0 Å². The molecular weight excluding hydrogens is 214 g/mol. The number of ketones is 1. The second-order valence-electron chi connectivity index (χ2n) is 4.24. The highest BCUT2D eigenvalue weighted by atomic mass is 16.5. The van der Waals surface area contributed by atoms with Crippen molar-refractivity contribution in [3.8, 4) is 5.75 Å². The van der Waals surface area contributed by atoms with Crippen molar-refractivity contribution in [3.63, 3.8) is 0 Å². The molecule has 3 nitrogen and oxygen atoms in total. The molecule has 0 saturated heterocycles. The highest BCUT2D eigenvalue weighted by molar-refractivity contribution is 6.08. The number of carbonyl (C=O) groups excluding carboxylic acids is 1. The summed E-state index contributed by atoms with van der Waals surface area (Å²) >= 11 is 0. The minimum absolute atomic E-state index is 0.0846. The quantitative estimate of drug-likeness (QED) is 0.819. The Morgan fingerprint density at radius 3 is 2.82 bits per heavy atom. The fourth-order valence-corrected chi connectivity index (χ4v) is 2.07. The summed E-state index contributed by atoms with van der Waals surface area (Å²) in [4.78, 5) is 14.8. The molecule has 1 N–H and O–H groups in total. The molecule has 0 spiro atoms. The van der Waals surface area contributed by atoms with Crippen LogP contribution in [0.3, 0.4) is 0 Å². The third-order valence-corrected chi connectivity index (χ3v) is 2.78. The van der Waals surface area contributed by atoms with Gasteiger partial charge in [-0.1, -0.05) is 6.92 Å². The van der Waals surface area contributed by atoms with Crippen molar-refractivity contribution >= 4 is 16.7 Å². The molecule has 1 aromatic carbocycles. The zero-order chi connectivity index (χ0) is 12.4. The van der Waals surface area contributed by atoms with E-state index < -0.39 is 0 Å². The van der Waals surface area contributed by atoms with Gasteiger partial charge in [0.15, 0.2) is 5.78 Å². The molecule has 2 aromatic rings. The molecule has 0 bridgehead atoms. The van der Waals surface area contributed by atoms with Gasteiger partial charge >= 0.3 is 0 Å². The topological polar surface area (TPSA) is 42.1 Å². The third kappa shape index (κ3) is 2.18. The molecule has 0 unspecified atom stereocenters. The van der Waals surface area contributed by atoms with Gasteiger partial charge in [-0.3, -0.25) is 4.79 Å². The first-order chi connectivity index (χ1) is 8.13. The van der Waals surface area contributed by atoms with Crippen LogP contribution in [0.15, 0.2) is 18.2 Å². The Kier molecular flexibility index (Phi) is 3.18. The summed E-state index contributed by atoms with van der Waals surface area (Å²) in [5.41, 5.74) is 2.67. The Morgan fingerprint density at radius 2 is 2.18 bits per heavy atom. The van der Waals surface area contributed by atoms with Crippen molar-refractivity contribution in [1.29, 1.82) is 0 Å². The lowest BCUT2D eigenvalue weighted by Gasteiger charge is -2.04. The van der Waals surface area contributed by atoms with Gasteiger partial charge in [0.1, 0.15) is 5.75 Å². The molecule has 2 rings (SSSR count). The normalized spacial score (nSPS) is 10.8. The molecule has 0 radical (unpaired) electrons. The summed E-state index contributed by atoms with van der Waals surface area (Å²) in [6.07, 6.45) is 0.976. The van der Waals surface area contributed by atoms with Gasteiger partial charge < -0.3 is 9.72 Å². The van der Waals surface area contributed by atoms with Crippen LogP contribution in [-0.2, 0) is 0 Å². The SMILES string of the molecule is CCCOc1ccc2[nH]c(C)c(C(C)=O)c2c1. The molecular formula is C14H17NO2. The van der Waals surface area contributed by atoms with E-state index in [1.165, 1.54) is 0 Å². The average Bonchev–Trinajstić information content (AvgIpc) is 2.61. The zero-order valence-corrected chi connectivity index (χ0v) is 10.5. The number of aryl methyl sites for hydroxylation is 1. The van der Waals surface area contributed by atoms with Crippen LogP contribution in [-0.4, -0.2) is 17.4 Å². The van der Waals surface area contributed by atoms with Crippen molar-refractivity contribution in [2.75, 3.05) is 6.61 Å². The van der Waals surface area contributed by atoms with E-state index >= 15 is 0 Å². The van der Waals surface area contributed by atoms with E-state index in [0.29, 0.717) is 6.61 Å². The zero-order valence-electron chi connectivity index (χ0n) is 10.5. The van der Waals surface area contributed by atoms with Crippen molar-refractivity contribution < 1.29 is 9.53 Å². The standard InChI is InChI=1S/C14H17NO2/c1-4-7-17-11-5-6-13-12(8-11)14(10(3)16)9(2)15-13/h5-6,8,15H,4,7H2,1-3H3. The molecule has 0 aliphatic carbocycles. The Bertz CT molecular complexity index is 555. The maximum absolute atomic E-state index is 11.6. The minimum Gasteiger partial charge on any atom is -0.494 e. The van der Waals surface area contributed by atoms with Crippen molar-refractivity contribution in [2.45, 2.75) is 27.2 Å². The number of carbonyl (C=O) groups is 1. The number of nitrogens with one attached hydrogen (secondary N) is 1. The first-order valence-corrected chi connectivity index (χ1v) is 5.89. The summed E-state index contributed by atoms with van der Waals surface area (Å²) < 4.78 is 5.58. The number of benzene rings is 1. The number of ether oxygens (including phenoxy) is 1. The van der Waals surface area contributed by atoms with Gasteiger partial charge in [0.25, 0.3) is 0 Å². The minimum atomic E-state index is 0.0846. The molecule has 0 aliphatic rings. The predicted octanol–water partition coefficient (Wildman–Crippen LogP) is 3.47. The fraction of sp³-hybridized carbons (Fsp3) is 0.357. The van der Waals surface area contributed by atoms with Crippen LogP contribution in [0.25, 0.3) is 10.9 Å². The van der Waals surface area contributed by atoms with E-state index in [1.54, 1.807) is 6.92 Å². The fourth-order valence-electron chi connectivity index (χ4n) is 2.07. The highest BCUT2D eigenvalue weighted by Gasteiger charge is 2.12. The Labute approximate surface area is 101 Å². The number of fused-ring (bicyclic) bond motifs is 1. The summed E-state index contributed by atoms with van der Waals surface area (Å²) in [7, 11) is 0. The monoisotopic (exact) mass is 231 g/mol. The maximum Gasteiger partial charge on any atom is 0.162 e. The second-order valence-corrected chi connectivity index (χ2v) is 4.24. The van der Waals surface area contributed by atoms with Crippen LogP contribution in [0.2, 0.25) is 0 Å². The summed E-state index contributed by atoms with van der Waals surface area (Å²) in [6.45, 7) is 6.28. The van der Waals surface area contributed by atoms with E-state index in [2.05, 4.69) is 11.9 Å². The lowest BCUT2D eigenvalue weighted by atomic mass is 10.1. The van der Waals surface area contributed by atoms with Gasteiger partial charge in [0, 0.05) is 22.2 Å². The van der Waals surface area contributed by atoms with E-state index in [9.17, 15) is 4.79 Å². The lowest BCUT2D eigenvalue weighted by molar-refractivity contribution is 0.101. The van der Waals surface area contributed by atoms with Crippen molar-refractivity contribution in [3.05, 3.63) is 29.5 Å². The van der Waals surface area contributed by atoms with Crippen LogP contribution < -0.4 is 4.74 Å². The molecule has 17 heavy (non-hydrogen) atoms. The van der Waals surface area contributed by atoms with Gasteiger partial charge in [0.05, 0.1) is 6.61 Å². The largest absolute Gasteiger partial charge is 0.494 e. The molecule has 90 valence electrons. The van der Waals surface area contributed by atoms with Gasteiger partial charge in [-0.15, -0.1) is 0 Å². The number of aromatic amines is 1. The van der Waals surface area contributed by atoms with Gasteiger partial charge in [-0.25, -0.2) is 0 Å². The van der Waals surface area contributed by atoms with Crippen LogP contribution in [0.5, 0.6) is 5.75 Å². The highest BCUT2D eigenvalue weighted by Crippen LogP contribution is 2.26. The molecule has 1 aromatic heterocycles. The van der Waals surface area contributed by atoms with Crippen molar-refractivity contribution in [1.82, 2.24) is 4.98 Å². The number of hydrogen-bond acceptors (Lipinski definition) is 2. The summed E-state index contributed by atoms with van der Waals surface area (Å²) in [6, 6.07) is 5.82. The lowest BCUT2D eigenvalue weighted by Crippen LogP contribution is -1.95. The van der Waals surface area contributed by atoms with E-state index in [0.717, 1.165) is 34.3 Å². The Morgan fingerprint density at radius 1 is 1.41 bits per heavy atom. The number of hydrogen-bond donors (Lipinski definition) is 1. The Hall–Kier alpha value is -1.77. The van der Waals surface area contributed by atoms with Crippen LogP contribution >= 0.6 is 0 Å². The van der Waals surface area contributed by atoms with Crippen LogP contribution in [0.4, 0.5) is 0 Å². The van der Waals surface area contributed by atoms with Gasteiger partial charge in [-0.2, -0.15) is 0 Å². The van der Waals surface area contributed by atoms with Gasteiger partial charge in [-0.05, 0) is 38.5 Å². The second kappa shape index (κ2) is 4.62. The van der Waals surface area contributed by atoms with E-state index in [4.69, 9.17) is 4.74 Å². The number of Topliss-reactive ketones (excluding diaryl/α,β-unsaturated/α-hetero) is 1. The smallest absolute Gasteiger partial charge is 0.162 e. The third-order valence-electron chi connectivity index (χ3n) is 2.78. The summed E-state index contributed by atoms with van der Waals surface area (Å²) in [5.74, 6) is 0.905. The van der Waals surface area contributed by atoms with Crippen LogP contribution in [0.1, 0.15) is 36.3 Å². The van der Waals surface area contributed by atoms with E-state index in [-0.39, 0.29) is 5.78 Å². The van der Waals surface area contributed by atoms with E-state index in [1.807, 2.05) is 25.1 Å². The number of rotatable bonds is 4. The Balaban J connectivity index is 2.50. The molecule has 0 saturated carbocycles. The molecule has 1 heterocycles. The van der Waals surface area contributed by atoms with Gasteiger partial charge in [0.2, 0.25) is 0 Å². The molecule has 0 fully saturated rings. The average molecular weight is 231 g/mol. The summed E-state index contributed by atoms with van der Waals surface area (Å²) in [5, 5.41) is 0.948. The molecule has 3 heteroatoms. The maximum atomic E-state index is 11.6. The number of aromatic nitrogens is 1. The first-order valence-electron chi connectivity index (χ1n) is 5.89. The number of H-pyrrole nitrogens is 1. The first kappa shape index (κ1) is 11.7.